The zero-order valence-corrected chi connectivity index (χ0v) is 19.7. The molecule has 0 aliphatic carbocycles. The second-order valence-corrected chi connectivity index (χ2v) is 10.2. The molecule has 0 saturated carbocycles. The Kier molecular flexibility index (Phi) is 7.05. The van der Waals surface area contributed by atoms with Gasteiger partial charge in [0.05, 0.1) is 23.5 Å². The molecular formula is C22H23ClN4O6S. The summed E-state index contributed by atoms with van der Waals surface area (Å²) >= 11 is 5.83. The zero-order chi connectivity index (χ0) is 24.3. The minimum absolute atomic E-state index is 0.0336. The number of nitrogens with one attached hydrogen (secondary N) is 2. The predicted molar refractivity (Wildman–Crippen MR) is 124 cm³/mol. The first-order valence-electron chi connectivity index (χ1n) is 10.6. The van der Waals surface area contributed by atoms with Crippen LogP contribution in [-0.4, -0.2) is 74.7 Å². The Hall–Kier alpha value is -3.15. The third-order valence-corrected chi connectivity index (χ3v) is 7.67. The molecular weight excluding hydrogens is 484 g/mol. The SMILES string of the molecule is O=C(Cc1ccc(Cl)cc1)NCC(=O)N1CCN(S(=O)(=O)c2ccc3c(c2)NC(=O)CO3)CC1. The van der Waals surface area contributed by atoms with E-state index in [4.69, 9.17) is 16.3 Å². The highest BCUT2D eigenvalue weighted by Gasteiger charge is 2.31. The first-order chi connectivity index (χ1) is 16.2. The van der Waals surface area contributed by atoms with Gasteiger partial charge in [-0.15, -0.1) is 0 Å². The van der Waals surface area contributed by atoms with Crippen molar-refractivity contribution in [2.45, 2.75) is 11.3 Å². The van der Waals surface area contributed by atoms with Crippen molar-refractivity contribution < 1.29 is 27.5 Å². The summed E-state index contributed by atoms with van der Waals surface area (Å²) < 4.78 is 32.7. The number of benzene rings is 2. The summed E-state index contributed by atoms with van der Waals surface area (Å²) in [5.74, 6) is -0.517. The lowest BCUT2D eigenvalue weighted by molar-refractivity contribution is -0.133. The van der Waals surface area contributed by atoms with Gasteiger partial charge in [0, 0.05) is 31.2 Å². The van der Waals surface area contributed by atoms with Gasteiger partial charge in [0.25, 0.3) is 5.91 Å². The van der Waals surface area contributed by atoms with Gasteiger partial charge in [0.2, 0.25) is 21.8 Å². The third-order valence-electron chi connectivity index (χ3n) is 5.53. The van der Waals surface area contributed by atoms with Crippen molar-refractivity contribution in [2.24, 2.45) is 0 Å². The molecule has 3 amide bonds. The van der Waals surface area contributed by atoms with E-state index >= 15 is 0 Å². The standard InChI is InChI=1S/C22H23ClN4O6S/c23-16-3-1-15(2-4-16)11-20(28)24-13-22(30)26-7-9-27(10-8-26)34(31,32)17-5-6-19-18(12-17)25-21(29)14-33-19/h1-6,12H,7-11,13-14H2,(H,24,28)(H,25,29). The summed E-state index contributed by atoms with van der Waals surface area (Å²) in [5, 5.41) is 5.78. The average molecular weight is 507 g/mol. The molecule has 1 saturated heterocycles. The Morgan fingerprint density at radius 3 is 2.47 bits per heavy atom. The van der Waals surface area contributed by atoms with Gasteiger partial charge in [-0.25, -0.2) is 8.42 Å². The molecule has 0 spiro atoms. The number of rotatable bonds is 6. The van der Waals surface area contributed by atoms with E-state index in [1.807, 2.05) is 0 Å². The van der Waals surface area contributed by atoms with Crippen LogP contribution in [0.2, 0.25) is 5.02 Å². The molecule has 10 nitrogen and oxygen atoms in total. The molecule has 4 rings (SSSR count). The van der Waals surface area contributed by atoms with Gasteiger partial charge < -0.3 is 20.3 Å². The number of piperazine rings is 1. The summed E-state index contributed by atoms with van der Waals surface area (Å²) in [4.78, 5) is 37.7. The van der Waals surface area contributed by atoms with Crippen molar-refractivity contribution in [2.75, 3.05) is 44.6 Å². The summed E-state index contributed by atoms with van der Waals surface area (Å²) in [5.41, 5.74) is 1.09. The maximum Gasteiger partial charge on any atom is 0.262 e. The zero-order valence-electron chi connectivity index (χ0n) is 18.1. The van der Waals surface area contributed by atoms with Crippen LogP contribution in [0.15, 0.2) is 47.4 Å². The van der Waals surface area contributed by atoms with Gasteiger partial charge >= 0.3 is 0 Å². The lowest BCUT2D eigenvalue weighted by Gasteiger charge is -2.34. The van der Waals surface area contributed by atoms with Crippen molar-refractivity contribution >= 4 is 45.0 Å². The molecule has 0 radical (unpaired) electrons. The van der Waals surface area contributed by atoms with E-state index in [9.17, 15) is 22.8 Å². The Morgan fingerprint density at radius 2 is 1.76 bits per heavy atom. The highest BCUT2D eigenvalue weighted by atomic mass is 35.5. The summed E-state index contributed by atoms with van der Waals surface area (Å²) in [6.45, 7) is 0.367. The smallest absolute Gasteiger partial charge is 0.262 e. The van der Waals surface area contributed by atoms with E-state index < -0.39 is 10.0 Å². The van der Waals surface area contributed by atoms with Crippen LogP contribution in [0.3, 0.4) is 0 Å². The Morgan fingerprint density at radius 1 is 1.06 bits per heavy atom. The summed E-state index contributed by atoms with van der Waals surface area (Å²) in [7, 11) is -3.82. The number of carbonyl (C=O) groups is 3. The normalized spacial score (nSPS) is 16.3. The van der Waals surface area contributed by atoms with E-state index in [2.05, 4.69) is 10.6 Å². The molecule has 2 aliphatic heterocycles. The van der Waals surface area contributed by atoms with Crippen molar-refractivity contribution in [3.8, 4) is 5.75 Å². The van der Waals surface area contributed by atoms with E-state index in [1.165, 1.54) is 27.4 Å². The number of ether oxygens (including phenoxy) is 1. The van der Waals surface area contributed by atoms with Gasteiger partial charge in [0.15, 0.2) is 6.61 Å². The second kappa shape index (κ2) is 10.00. The summed E-state index contributed by atoms with van der Waals surface area (Å²) in [6, 6.07) is 11.2. The lowest BCUT2D eigenvalue weighted by atomic mass is 10.1. The molecule has 2 aromatic rings. The van der Waals surface area contributed by atoms with Crippen LogP contribution in [0, 0.1) is 0 Å². The number of fused-ring (bicyclic) bond motifs is 1. The number of hydrogen-bond donors (Lipinski definition) is 2. The quantitative estimate of drug-likeness (QED) is 0.598. The van der Waals surface area contributed by atoms with Crippen LogP contribution in [0.5, 0.6) is 5.75 Å². The molecule has 0 unspecified atom stereocenters. The van der Waals surface area contributed by atoms with Gasteiger partial charge in [0.1, 0.15) is 5.75 Å². The number of amides is 3. The van der Waals surface area contributed by atoms with Crippen LogP contribution >= 0.6 is 11.6 Å². The monoisotopic (exact) mass is 506 g/mol. The minimum Gasteiger partial charge on any atom is -0.482 e. The molecule has 0 aromatic heterocycles. The molecule has 2 aliphatic rings. The molecule has 2 N–H and O–H groups in total. The number of halogens is 1. The topological polar surface area (TPSA) is 125 Å². The first kappa shape index (κ1) is 24.0. The predicted octanol–water partition coefficient (Wildman–Crippen LogP) is 0.863. The van der Waals surface area contributed by atoms with E-state index in [-0.39, 0.29) is 68.4 Å². The fraction of sp³-hybridized carbons (Fsp3) is 0.318. The number of sulfonamides is 1. The van der Waals surface area contributed by atoms with Gasteiger partial charge in [-0.1, -0.05) is 23.7 Å². The van der Waals surface area contributed by atoms with Crippen molar-refractivity contribution in [3.05, 3.63) is 53.1 Å². The highest BCUT2D eigenvalue weighted by molar-refractivity contribution is 7.89. The number of carbonyl (C=O) groups excluding carboxylic acids is 3. The Balaban J connectivity index is 1.29. The van der Waals surface area contributed by atoms with E-state index in [0.29, 0.717) is 16.5 Å². The highest BCUT2D eigenvalue weighted by Crippen LogP contribution is 2.31. The Bertz CT molecular complexity index is 1210. The average Bonchev–Trinajstić information content (AvgIpc) is 2.83. The maximum atomic E-state index is 13.0. The van der Waals surface area contributed by atoms with Gasteiger partial charge in [-0.05, 0) is 35.9 Å². The van der Waals surface area contributed by atoms with Crippen LogP contribution < -0.4 is 15.4 Å². The van der Waals surface area contributed by atoms with Crippen molar-refractivity contribution in [3.63, 3.8) is 0 Å². The fourth-order valence-corrected chi connectivity index (χ4v) is 5.26. The molecule has 12 heteroatoms. The van der Waals surface area contributed by atoms with Crippen molar-refractivity contribution in [1.82, 2.24) is 14.5 Å². The largest absolute Gasteiger partial charge is 0.482 e. The number of anilines is 1. The van der Waals surface area contributed by atoms with Gasteiger partial charge in [-0.3, -0.25) is 14.4 Å². The first-order valence-corrected chi connectivity index (χ1v) is 12.4. The fourth-order valence-electron chi connectivity index (χ4n) is 3.69. The molecule has 2 aromatic carbocycles. The van der Waals surface area contributed by atoms with Crippen LogP contribution in [0.4, 0.5) is 5.69 Å². The maximum absolute atomic E-state index is 13.0. The number of hydrogen-bond acceptors (Lipinski definition) is 6. The molecule has 2 heterocycles. The van der Waals surface area contributed by atoms with Crippen molar-refractivity contribution in [1.29, 1.82) is 0 Å². The van der Waals surface area contributed by atoms with Crippen LogP contribution in [0.1, 0.15) is 5.56 Å². The number of nitrogens with zero attached hydrogens (tertiary/aromatic N) is 2. The van der Waals surface area contributed by atoms with E-state index in [0.717, 1.165) is 5.56 Å². The molecule has 180 valence electrons. The minimum atomic E-state index is -3.82. The van der Waals surface area contributed by atoms with E-state index in [1.54, 1.807) is 24.3 Å². The molecule has 1 fully saturated rings. The molecule has 0 bridgehead atoms. The third kappa shape index (κ3) is 5.49. The second-order valence-electron chi connectivity index (χ2n) is 7.86. The Labute approximate surface area is 201 Å². The molecule has 34 heavy (non-hydrogen) atoms. The van der Waals surface area contributed by atoms with Crippen LogP contribution in [-0.2, 0) is 30.8 Å². The summed E-state index contributed by atoms with van der Waals surface area (Å²) in [6.07, 6.45) is 0.128. The molecule has 0 atom stereocenters. The lowest BCUT2D eigenvalue weighted by Crippen LogP contribution is -2.52. The van der Waals surface area contributed by atoms with Gasteiger partial charge in [-0.2, -0.15) is 4.31 Å². The van der Waals surface area contributed by atoms with Crippen LogP contribution in [0.25, 0.3) is 0 Å².